The molecule has 0 aliphatic carbocycles. The van der Waals surface area contributed by atoms with Gasteiger partial charge in [0.15, 0.2) is 0 Å². The van der Waals surface area contributed by atoms with E-state index >= 15 is 0 Å². The SMILES string of the molecule is CC.CC.CC.CC.CC.CC.CC.Cc1ccccc1.c1ccccc1.c1ccccc1.c1ccccc1. The Morgan fingerprint density at radius 1 is 0.205 bits per heavy atom. The van der Waals surface area contributed by atoms with E-state index in [9.17, 15) is 0 Å². The van der Waals surface area contributed by atoms with Crippen LogP contribution >= 0.6 is 0 Å². The minimum Gasteiger partial charge on any atom is -0.0683 e. The molecule has 224 valence electrons. The quantitative estimate of drug-likeness (QED) is 0.209. The Balaban J connectivity index is -0.0000000610. The van der Waals surface area contributed by atoms with E-state index in [-0.39, 0.29) is 0 Å². The lowest BCUT2D eigenvalue weighted by Crippen LogP contribution is -1.62. The van der Waals surface area contributed by atoms with Gasteiger partial charge >= 0.3 is 0 Å². The zero-order valence-electron chi connectivity index (χ0n) is 28.8. The van der Waals surface area contributed by atoms with Crippen LogP contribution in [0.25, 0.3) is 0 Å². The van der Waals surface area contributed by atoms with E-state index in [4.69, 9.17) is 0 Å². The molecule has 0 saturated heterocycles. The topological polar surface area (TPSA) is 0 Å². The maximum atomic E-state index is 2.08. The zero-order chi connectivity index (χ0) is 31.8. The second kappa shape index (κ2) is 76.5. The monoisotopic (exact) mass is 537 g/mol. The third-order valence-corrected chi connectivity index (χ3v) is 2.94. The summed E-state index contributed by atoms with van der Waals surface area (Å²) in [6, 6.07) is 46.3. The highest BCUT2D eigenvalue weighted by molar-refractivity contribution is 5.11. The number of hydrogen-bond donors (Lipinski definition) is 0. The van der Waals surface area contributed by atoms with Gasteiger partial charge in [0.05, 0.1) is 0 Å². The maximum absolute atomic E-state index is 2.08. The molecule has 0 radical (unpaired) electrons. The van der Waals surface area contributed by atoms with Crippen LogP contribution in [0, 0.1) is 6.92 Å². The summed E-state index contributed by atoms with van der Waals surface area (Å²) in [7, 11) is 0. The summed E-state index contributed by atoms with van der Waals surface area (Å²) in [5, 5.41) is 0. The molecule has 0 bridgehead atoms. The van der Waals surface area contributed by atoms with Crippen LogP contribution < -0.4 is 0 Å². The van der Waals surface area contributed by atoms with Gasteiger partial charge in [0.25, 0.3) is 0 Å². The summed E-state index contributed by atoms with van der Waals surface area (Å²) in [6.45, 7) is 30.1. The summed E-state index contributed by atoms with van der Waals surface area (Å²) >= 11 is 0. The van der Waals surface area contributed by atoms with Crippen molar-refractivity contribution in [3.63, 3.8) is 0 Å². The van der Waals surface area contributed by atoms with E-state index < -0.39 is 0 Å². The Kier molecular flexibility index (Phi) is 103. The van der Waals surface area contributed by atoms with Gasteiger partial charge in [-0.15, -0.1) is 0 Å². The van der Waals surface area contributed by atoms with E-state index in [1.165, 1.54) is 5.56 Å². The third-order valence-electron chi connectivity index (χ3n) is 2.94. The smallest absolute Gasteiger partial charge is 0.0398 e. The lowest BCUT2D eigenvalue weighted by molar-refractivity contribution is 1.48. The molecule has 4 aromatic carbocycles. The summed E-state index contributed by atoms with van der Waals surface area (Å²) in [4.78, 5) is 0. The van der Waals surface area contributed by atoms with Crippen LogP contribution in [0.15, 0.2) is 140 Å². The van der Waals surface area contributed by atoms with Gasteiger partial charge in [-0.3, -0.25) is 0 Å². The van der Waals surface area contributed by atoms with E-state index in [1.54, 1.807) is 0 Å². The molecule has 39 heavy (non-hydrogen) atoms. The highest BCUT2D eigenvalue weighted by atomic mass is 13.8. The van der Waals surface area contributed by atoms with Crippen molar-refractivity contribution in [2.45, 2.75) is 104 Å². The Hall–Kier alpha value is -3.12. The average molecular weight is 537 g/mol. The normalized spacial score (nSPS) is 6.33. The number of benzene rings is 4. The van der Waals surface area contributed by atoms with Crippen molar-refractivity contribution in [3.05, 3.63) is 145 Å². The van der Waals surface area contributed by atoms with Gasteiger partial charge in [0, 0.05) is 0 Å². The molecule has 0 unspecified atom stereocenters. The molecule has 0 amide bonds. The van der Waals surface area contributed by atoms with Crippen molar-refractivity contribution in [1.29, 1.82) is 0 Å². The highest BCUT2D eigenvalue weighted by Crippen LogP contribution is 1.92. The second-order valence-electron chi connectivity index (χ2n) is 5.12. The lowest BCUT2D eigenvalue weighted by Gasteiger charge is -1.82. The molecule has 0 heterocycles. The minimum absolute atomic E-state index is 1.32. The Morgan fingerprint density at radius 3 is 0.385 bits per heavy atom. The molecule has 0 atom stereocenters. The molecule has 0 heteroatoms. The molecule has 0 N–H and O–H groups in total. The van der Waals surface area contributed by atoms with Gasteiger partial charge in [-0.05, 0) is 6.92 Å². The molecular weight excluding hydrogens is 468 g/mol. The molecule has 0 fully saturated rings. The van der Waals surface area contributed by atoms with E-state index in [1.807, 2.05) is 224 Å². The molecule has 0 aromatic heterocycles. The summed E-state index contributed by atoms with van der Waals surface area (Å²) in [5.41, 5.74) is 1.32. The fraction of sp³-hybridized carbons (Fsp3) is 0.385. The Bertz CT molecular complexity index is 534. The summed E-state index contributed by atoms with van der Waals surface area (Å²) < 4.78 is 0. The molecule has 0 saturated carbocycles. The van der Waals surface area contributed by atoms with Gasteiger partial charge in [-0.25, -0.2) is 0 Å². The molecule has 0 aliphatic rings. The van der Waals surface area contributed by atoms with E-state index in [2.05, 4.69) is 19.1 Å². The van der Waals surface area contributed by atoms with Crippen molar-refractivity contribution >= 4 is 0 Å². The van der Waals surface area contributed by atoms with Gasteiger partial charge < -0.3 is 0 Å². The van der Waals surface area contributed by atoms with Gasteiger partial charge in [0.2, 0.25) is 0 Å². The first-order chi connectivity index (χ1) is 19.4. The van der Waals surface area contributed by atoms with Crippen LogP contribution in [0.2, 0.25) is 0 Å². The molecular formula is C39H68. The number of rotatable bonds is 0. The predicted molar refractivity (Wildman–Crippen MR) is 190 cm³/mol. The maximum Gasteiger partial charge on any atom is -0.0398 e. The van der Waals surface area contributed by atoms with Crippen LogP contribution in [0.1, 0.15) is 102 Å². The first-order valence-electron chi connectivity index (χ1n) is 15.4. The first-order valence-corrected chi connectivity index (χ1v) is 15.4. The first kappa shape index (κ1) is 52.3. The predicted octanol–water partition coefficient (Wildman–Crippen LogP) is 14.2. The Labute approximate surface area is 248 Å². The summed E-state index contributed by atoms with van der Waals surface area (Å²) in [6.07, 6.45) is 0. The highest BCUT2D eigenvalue weighted by Gasteiger charge is 1.72. The average Bonchev–Trinajstić information content (AvgIpc) is 3.11. The molecule has 4 aromatic rings. The zero-order valence-corrected chi connectivity index (χ0v) is 28.8. The van der Waals surface area contributed by atoms with Crippen molar-refractivity contribution < 1.29 is 0 Å². The standard InChI is InChI=1S/C7H8.3C6H6.7C2H6/c1-7-5-3-2-4-6-7;3*1-2-4-6-5-3-1;7*1-2/h2-6H,1H3;3*1-6H;7*1-2H3. The second-order valence-corrected chi connectivity index (χ2v) is 5.12. The number of hydrogen-bond acceptors (Lipinski definition) is 0. The fourth-order valence-corrected chi connectivity index (χ4v) is 1.69. The van der Waals surface area contributed by atoms with Crippen LogP contribution in [0.5, 0.6) is 0 Å². The molecule has 0 spiro atoms. The van der Waals surface area contributed by atoms with Crippen LogP contribution in [-0.2, 0) is 0 Å². The fourth-order valence-electron chi connectivity index (χ4n) is 1.69. The minimum atomic E-state index is 1.32. The summed E-state index contributed by atoms with van der Waals surface area (Å²) in [5.74, 6) is 0. The largest absolute Gasteiger partial charge is 0.0683 e. The Morgan fingerprint density at radius 2 is 0.308 bits per heavy atom. The van der Waals surface area contributed by atoms with Crippen molar-refractivity contribution in [3.8, 4) is 0 Å². The van der Waals surface area contributed by atoms with Crippen molar-refractivity contribution in [2.75, 3.05) is 0 Å². The third kappa shape index (κ3) is 72.0. The van der Waals surface area contributed by atoms with E-state index in [0.29, 0.717) is 0 Å². The van der Waals surface area contributed by atoms with Crippen molar-refractivity contribution in [2.24, 2.45) is 0 Å². The molecule has 0 nitrogen and oxygen atoms in total. The van der Waals surface area contributed by atoms with Crippen LogP contribution in [-0.4, -0.2) is 0 Å². The van der Waals surface area contributed by atoms with Crippen LogP contribution in [0.3, 0.4) is 0 Å². The van der Waals surface area contributed by atoms with Gasteiger partial charge in [-0.2, -0.15) is 0 Å². The van der Waals surface area contributed by atoms with Gasteiger partial charge in [0.1, 0.15) is 0 Å². The molecule has 4 rings (SSSR count). The molecule has 0 aliphatic heterocycles. The number of aryl methyl sites for hydroxylation is 1. The lowest BCUT2D eigenvalue weighted by atomic mass is 10.2. The van der Waals surface area contributed by atoms with E-state index in [0.717, 1.165) is 0 Å². The van der Waals surface area contributed by atoms with Crippen LogP contribution in [0.4, 0.5) is 0 Å². The van der Waals surface area contributed by atoms with Gasteiger partial charge in [-0.1, -0.05) is 242 Å². The van der Waals surface area contributed by atoms with Crippen molar-refractivity contribution in [1.82, 2.24) is 0 Å².